The van der Waals surface area contributed by atoms with E-state index in [-0.39, 0.29) is 40.6 Å². The average molecular weight is 754 g/mol. The molecule has 2 heterocycles. The molecule has 0 bridgehead atoms. The number of fused-ring (bicyclic) bond motifs is 6. The van der Waals surface area contributed by atoms with Crippen molar-refractivity contribution in [2.75, 3.05) is 0 Å². The summed E-state index contributed by atoms with van der Waals surface area (Å²) in [5, 5.41) is 4.31. The third-order valence-electron chi connectivity index (χ3n) is 12.5. The van der Waals surface area contributed by atoms with E-state index in [1.165, 1.54) is 44.2 Å². The Labute approximate surface area is 348 Å². The third-order valence-corrected chi connectivity index (χ3v) is 12.5. The minimum absolute atomic E-state index is 0.187. The predicted octanol–water partition coefficient (Wildman–Crippen LogP) is 14.8. The fourth-order valence-electron chi connectivity index (χ4n) is 9.01. The first-order valence-corrected chi connectivity index (χ1v) is 20.1. The average Bonchev–Trinajstić information content (AvgIpc) is 3.79. The molecular formula is C56H48N2. The highest BCUT2D eigenvalue weighted by Crippen LogP contribution is 2.43. The van der Waals surface area contributed by atoms with Gasteiger partial charge in [-0.15, -0.1) is 0 Å². The van der Waals surface area contributed by atoms with E-state index in [2.05, 4.69) is 184 Å². The van der Waals surface area contributed by atoms with Gasteiger partial charge in [-0.05, 0) is 114 Å². The van der Waals surface area contributed by atoms with Crippen LogP contribution in [0.1, 0.15) is 67.9 Å². The minimum atomic E-state index is -0.403. The Morgan fingerprint density at radius 1 is 0.379 bits per heavy atom. The Morgan fingerprint density at radius 3 is 1.36 bits per heavy atom. The monoisotopic (exact) mass is 753 g/mol. The van der Waals surface area contributed by atoms with Crippen LogP contribution in [-0.4, -0.2) is 9.13 Å². The quantitative estimate of drug-likeness (QED) is 0.153. The van der Waals surface area contributed by atoms with E-state index in [0.717, 1.165) is 44.2 Å². The maximum Gasteiger partial charge on any atom is 0.0629 e. The Balaban J connectivity index is 1.30. The van der Waals surface area contributed by atoms with Crippen LogP contribution in [0.3, 0.4) is 0 Å². The second-order valence-electron chi connectivity index (χ2n) is 16.9. The number of aromatic nitrogens is 2. The molecular weight excluding hydrogens is 701 g/mol. The SMILES string of the molecule is [2H]c1c([2H])c([2H])c(-c2ccc3c(c2)c2cc(-n4c5ccc(C)cc5c5cc(C)ccc54)ccc2n3-c2cc(C(C)(C)c3ccccc3)cc(C(C)(C)c3ccccc3)c2)c([2H])c1[2H]. The number of nitrogens with zero attached hydrogens (tertiary/aromatic N) is 2. The van der Waals surface area contributed by atoms with Crippen LogP contribution in [0.5, 0.6) is 0 Å². The number of hydrogen-bond acceptors (Lipinski definition) is 0. The van der Waals surface area contributed by atoms with Crippen molar-refractivity contribution in [2.24, 2.45) is 0 Å². The molecule has 0 saturated heterocycles. The normalized spacial score (nSPS) is 13.5. The minimum Gasteiger partial charge on any atom is -0.309 e. The van der Waals surface area contributed by atoms with E-state index in [9.17, 15) is 0 Å². The molecule has 0 radical (unpaired) electrons. The molecule has 0 unspecified atom stereocenters. The Morgan fingerprint density at radius 2 is 0.828 bits per heavy atom. The van der Waals surface area contributed by atoms with Crippen molar-refractivity contribution in [1.29, 1.82) is 0 Å². The summed E-state index contributed by atoms with van der Waals surface area (Å²) in [5.41, 5.74) is 13.5. The van der Waals surface area contributed by atoms with Crippen molar-refractivity contribution >= 4 is 43.6 Å². The van der Waals surface area contributed by atoms with Crippen LogP contribution in [0.4, 0.5) is 0 Å². The lowest BCUT2D eigenvalue weighted by molar-refractivity contribution is 0.616. The van der Waals surface area contributed by atoms with Crippen molar-refractivity contribution in [2.45, 2.75) is 52.4 Å². The second-order valence-corrected chi connectivity index (χ2v) is 16.9. The van der Waals surface area contributed by atoms with Crippen molar-refractivity contribution in [3.63, 3.8) is 0 Å². The Kier molecular flexibility index (Phi) is 7.09. The molecule has 2 heteroatoms. The molecule has 0 fully saturated rings. The van der Waals surface area contributed by atoms with Gasteiger partial charge in [-0.1, -0.05) is 154 Å². The molecule has 0 N–H and O–H groups in total. The predicted molar refractivity (Wildman–Crippen MR) is 247 cm³/mol. The fraction of sp³-hybridized carbons (Fsp3) is 0.143. The van der Waals surface area contributed by atoms with Gasteiger partial charge >= 0.3 is 0 Å². The maximum atomic E-state index is 8.92. The standard InChI is InChI=1S/C56H48N2/c1-37-22-26-51-47(30-37)48-31-38(2)23-27-52(48)57(51)45-25-29-54-50(36-45)49-32-40(39-16-10-7-11-17-39)24-28-53(49)58(54)46-34-43(55(3,4)41-18-12-8-13-19-41)33-44(35-46)56(5,6)42-20-14-9-15-21-42/h7-36H,1-6H3/i7D,10D,11D,16D,17D. The summed E-state index contributed by atoms with van der Waals surface area (Å²) in [5.74, 6) is 0. The van der Waals surface area contributed by atoms with Gasteiger partial charge in [0.25, 0.3) is 0 Å². The van der Waals surface area contributed by atoms with Gasteiger partial charge < -0.3 is 9.13 Å². The molecule has 0 amide bonds. The summed E-state index contributed by atoms with van der Waals surface area (Å²) in [6.07, 6.45) is 0. The van der Waals surface area contributed by atoms with Gasteiger partial charge in [0.2, 0.25) is 0 Å². The summed E-state index contributed by atoms with van der Waals surface area (Å²) < 4.78 is 47.8. The van der Waals surface area contributed by atoms with Crippen LogP contribution < -0.4 is 0 Å². The van der Waals surface area contributed by atoms with Gasteiger partial charge in [-0.3, -0.25) is 0 Å². The van der Waals surface area contributed by atoms with Crippen LogP contribution in [0, 0.1) is 13.8 Å². The number of rotatable bonds is 7. The summed E-state index contributed by atoms with van der Waals surface area (Å²) >= 11 is 0. The molecule has 8 aromatic carbocycles. The number of benzene rings is 8. The highest BCUT2D eigenvalue weighted by atomic mass is 15.0. The molecule has 10 aromatic rings. The van der Waals surface area contributed by atoms with Gasteiger partial charge in [0.05, 0.1) is 28.9 Å². The summed E-state index contributed by atoms with van der Waals surface area (Å²) in [6, 6.07) is 52.8. The highest BCUT2D eigenvalue weighted by Gasteiger charge is 2.30. The van der Waals surface area contributed by atoms with Crippen molar-refractivity contribution in [3.05, 3.63) is 215 Å². The zero-order valence-electron chi connectivity index (χ0n) is 38.8. The second kappa shape index (κ2) is 13.5. The van der Waals surface area contributed by atoms with E-state index >= 15 is 0 Å². The molecule has 2 aromatic heterocycles. The summed E-state index contributed by atoms with van der Waals surface area (Å²) in [6.45, 7) is 13.4. The first-order chi connectivity index (χ1) is 30.1. The van der Waals surface area contributed by atoms with Crippen LogP contribution >= 0.6 is 0 Å². The van der Waals surface area contributed by atoms with Crippen LogP contribution in [0.25, 0.3) is 66.1 Å². The van der Waals surface area contributed by atoms with E-state index in [1.807, 2.05) is 18.2 Å². The van der Waals surface area contributed by atoms with Crippen molar-refractivity contribution < 1.29 is 6.85 Å². The van der Waals surface area contributed by atoms with Gasteiger partial charge in [0.1, 0.15) is 0 Å². The Bertz CT molecular complexity index is 3310. The van der Waals surface area contributed by atoms with Gasteiger partial charge in [-0.25, -0.2) is 0 Å². The number of hydrogen-bond donors (Lipinski definition) is 0. The van der Waals surface area contributed by atoms with Crippen LogP contribution in [0.2, 0.25) is 0 Å². The van der Waals surface area contributed by atoms with Gasteiger partial charge in [0, 0.05) is 43.7 Å². The lowest BCUT2D eigenvalue weighted by Gasteiger charge is -2.32. The molecule has 282 valence electrons. The highest BCUT2D eigenvalue weighted by molar-refractivity contribution is 6.13. The van der Waals surface area contributed by atoms with Crippen molar-refractivity contribution in [3.8, 4) is 22.5 Å². The fourth-order valence-corrected chi connectivity index (χ4v) is 9.01. The van der Waals surface area contributed by atoms with Crippen LogP contribution in [-0.2, 0) is 10.8 Å². The van der Waals surface area contributed by atoms with E-state index in [1.54, 1.807) is 0 Å². The topological polar surface area (TPSA) is 9.86 Å². The zero-order chi connectivity index (χ0) is 44.1. The van der Waals surface area contributed by atoms with Gasteiger partial charge in [-0.2, -0.15) is 0 Å². The first-order valence-electron chi connectivity index (χ1n) is 22.6. The molecule has 2 nitrogen and oxygen atoms in total. The first kappa shape index (κ1) is 30.5. The molecule has 58 heavy (non-hydrogen) atoms. The van der Waals surface area contributed by atoms with Crippen molar-refractivity contribution in [1.82, 2.24) is 9.13 Å². The molecule has 0 atom stereocenters. The smallest absolute Gasteiger partial charge is 0.0629 e. The lowest BCUT2D eigenvalue weighted by atomic mass is 9.73. The summed E-state index contributed by atoms with van der Waals surface area (Å²) in [4.78, 5) is 0. The molecule has 0 aliphatic rings. The van der Waals surface area contributed by atoms with E-state index < -0.39 is 6.04 Å². The Hall–Kier alpha value is -6.64. The van der Waals surface area contributed by atoms with E-state index in [4.69, 9.17) is 6.85 Å². The third kappa shape index (κ3) is 5.78. The summed E-state index contributed by atoms with van der Waals surface area (Å²) in [7, 11) is 0. The van der Waals surface area contributed by atoms with Crippen LogP contribution in [0.15, 0.2) is 182 Å². The number of aryl methyl sites for hydroxylation is 2. The molecule has 10 rings (SSSR count). The molecule has 0 saturated carbocycles. The molecule has 0 spiro atoms. The molecule has 0 aliphatic carbocycles. The molecule has 0 aliphatic heterocycles. The van der Waals surface area contributed by atoms with E-state index in [0.29, 0.717) is 5.56 Å². The largest absolute Gasteiger partial charge is 0.309 e. The van der Waals surface area contributed by atoms with Gasteiger partial charge in [0.15, 0.2) is 0 Å². The maximum absolute atomic E-state index is 8.92. The zero-order valence-corrected chi connectivity index (χ0v) is 33.8. The lowest BCUT2D eigenvalue weighted by Crippen LogP contribution is -2.23.